The monoisotopic (exact) mass is 122 g/mol. The van der Waals surface area contributed by atoms with Gasteiger partial charge in [0, 0.05) is 7.32 Å². The standard InChI is InChI=1S/BHO4.Mg.Na/c2-1(3)5-4;;/h4H;;/q-2;+2;+1/p-1. The van der Waals surface area contributed by atoms with Crippen molar-refractivity contribution in [1.29, 1.82) is 0 Å². The van der Waals surface area contributed by atoms with Crippen molar-refractivity contribution in [2.24, 2.45) is 0 Å². The summed E-state index contributed by atoms with van der Waals surface area (Å²) in [7, 11) is -2.67. The molecular formula is BMgNaO4. The normalized spacial score (nSPS) is 5.57. The summed E-state index contributed by atoms with van der Waals surface area (Å²) in [5.74, 6) is 0. The molecule has 0 rings (SSSR count). The van der Waals surface area contributed by atoms with Gasteiger partial charge in [0.15, 0.2) is 0 Å². The Kier molecular flexibility index (Phi) is 24.1. The fourth-order valence-electron chi connectivity index (χ4n) is 0. The van der Waals surface area contributed by atoms with Crippen LogP contribution < -0.4 is 44.9 Å². The van der Waals surface area contributed by atoms with E-state index in [2.05, 4.69) is 4.81 Å². The molecule has 0 aromatic carbocycles. The van der Waals surface area contributed by atoms with Gasteiger partial charge < -0.3 is 20.1 Å². The van der Waals surface area contributed by atoms with E-state index in [-0.39, 0.29) is 52.6 Å². The third-order valence-corrected chi connectivity index (χ3v) is 0.0786. The summed E-state index contributed by atoms with van der Waals surface area (Å²) in [4.78, 5) is 2.39. The van der Waals surface area contributed by atoms with Crippen molar-refractivity contribution in [3.63, 3.8) is 0 Å². The third kappa shape index (κ3) is 18.3. The minimum Gasteiger partial charge on any atom is -0.871 e. The van der Waals surface area contributed by atoms with Gasteiger partial charge >= 0.3 is 52.6 Å². The fraction of sp³-hybridized carbons (Fsp3) is 0. The van der Waals surface area contributed by atoms with E-state index in [0.29, 0.717) is 0 Å². The molecule has 0 aliphatic carbocycles. The molecule has 0 atom stereocenters. The predicted octanol–water partition coefficient (Wildman–Crippen LogP) is -7.39. The summed E-state index contributed by atoms with van der Waals surface area (Å²) in [5.41, 5.74) is 0. The summed E-state index contributed by atoms with van der Waals surface area (Å²) >= 11 is 0. The largest absolute Gasteiger partial charge is 2.00 e. The van der Waals surface area contributed by atoms with Gasteiger partial charge in [-0.15, -0.1) is 0 Å². The van der Waals surface area contributed by atoms with Crippen molar-refractivity contribution in [2.45, 2.75) is 0 Å². The van der Waals surface area contributed by atoms with E-state index in [9.17, 15) is 0 Å². The van der Waals surface area contributed by atoms with Crippen LogP contribution in [0.15, 0.2) is 0 Å². The van der Waals surface area contributed by atoms with E-state index >= 15 is 0 Å². The summed E-state index contributed by atoms with van der Waals surface area (Å²) in [6, 6.07) is 0. The molecule has 7 heavy (non-hydrogen) atoms. The first kappa shape index (κ1) is 15.9. The van der Waals surface area contributed by atoms with Gasteiger partial charge in [-0.05, 0) is 0 Å². The van der Waals surface area contributed by atoms with Crippen LogP contribution in [-0.2, 0) is 4.81 Å². The molecule has 0 amide bonds. The molecule has 0 aromatic heterocycles. The van der Waals surface area contributed by atoms with Crippen LogP contribution in [0.2, 0.25) is 0 Å². The molecule has 0 radical (unpaired) electrons. The third-order valence-electron chi connectivity index (χ3n) is 0.0786. The van der Waals surface area contributed by atoms with Crippen molar-refractivity contribution in [1.82, 2.24) is 0 Å². The molecule has 0 unspecified atom stereocenters. The van der Waals surface area contributed by atoms with Crippen molar-refractivity contribution in [2.75, 3.05) is 0 Å². The van der Waals surface area contributed by atoms with Crippen LogP contribution in [0.5, 0.6) is 0 Å². The molecule has 0 aromatic rings. The van der Waals surface area contributed by atoms with Crippen LogP contribution in [0.25, 0.3) is 0 Å². The Morgan fingerprint density at radius 1 is 1.29 bits per heavy atom. The second-order valence-electron chi connectivity index (χ2n) is 0.385. The van der Waals surface area contributed by atoms with Crippen LogP contribution >= 0.6 is 0 Å². The van der Waals surface area contributed by atoms with E-state index in [4.69, 9.17) is 15.3 Å². The Labute approximate surface area is 79.4 Å². The molecule has 0 spiro atoms. The van der Waals surface area contributed by atoms with Gasteiger partial charge in [0.25, 0.3) is 0 Å². The van der Waals surface area contributed by atoms with Crippen LogP contribution in [0.3, 0.4) is 0 Å². The first-order valence-electron chi connectivity index (χ1n) is 0.874. The van der Waals surface area contributed by atoms with Gasteiger partial charge in [0.2, 0.25) is 0 Å². The number of rotatable bonds is 1. The zero-order valence-corrected chi connectivity index (χ0v) is 7.33. The van der Waals surface area contributed by atoms with Crippen molar-refractivity contribution < 1.29 is 49.7 Å². The molecule has 0 saturated carbocycles. The van der Waals surface area contributed by atoms with E-state index in [1.54, 1.807) is 0 Å². The van der Waals surface area contributed by atoms with Gasteiger partial charge in [-0.3, -0.25) is 0 Å². The first-order chi connectivity index (χ1) is 2.27. The molecule has 4 nitrogen and oxygen atoms in total. The number of hydrogen-bond acceptors (Lipinski definition) is 4. The van der Waals surface area contributed by atoms with Crippen LogP contribution in [-0.4, -0.2) is 30.4 Å². The maximum absolute atomic E-state index is 8.81. The average molecular weight is 122 g/mol. The van der Waals surface area contributed by atoms with E-state index in [1.165, 1.54) is 0 Å². The Hall–Kier alpha value is 1.67. The predicted molar refractivity (Wildman–Crippen MR) is 12.6 cm³/mol. The van der Waals surface area contributed by atoms with E-state index in [0.717, 1.165) is 0 Å². The molecule has 0 heterocycles. The minimum atomic E-state index is -2.67. The smallest absolute Gasteiger partial charge is 0.871 e. The quantitative estimate of drug-likeness (QED) is 0.196. The first-order valence-corrected chi connectivity index (χ1v) is 0.874. The van der Waals surface area contributed by atoms with Gasteiger partial charge in [0.05, 0.1) is 0 Å². The van der Waals surface area contributed by atoms with Crippen LogP contribution in [0.1, 0.15) is 0 Å². The molecule has 0 aliphatic heterocycles. The van der Waals surface area contributed by atoms with E-state index in [1.807, 2.05) is 0 Å². The van der Waals surface area contributed by atoms with Crippen molar-refractivity contribution in [3.8, 4) is 0 Å². The molecule has 30 valence electrons. The molecule has 0 bridgehead atoms. The molecule has 0 aliphatic rings. The van der Waals surface area contributed by atoms with Crippen LogP contribution in [0.4, 0.5) is 0 Å². The fourth-order valence-corrected chi connectivity index (χ4v) is 0. The molecule has 0 N–H and O–H groups in total. The van der Waals surface area contributed by atoms with Crippen LogP contribution in [0, 0.1) is 0 Å². The Morgan fingerprint density at radius 3 is 1.43 bits per heavy atom. The summed E-state index contributed by atoms with van der Waals surface area (Å²) in [6.45, 7) is 0. The Morgan fingerprint density at radius 2 is 1.43 bits per heavy atom. The number of hydrogen-bond donors (Lipinski definition) is 0. The average Bonchev–Trinajstić information content (AvgIpc) is 1.38. The summed E-state index contributed by atoms with van der Waals surface area (Å²) < 4.78 is 0. The second-order valence-corrected chi connectivity index (χ2v) is 0.385. The minimum absolute atomic E-state index is 0. The zero-order valence-electron chi connectivity index (χ0n) is 3.92. The van der Waals surface area contributed by atoms with Gasteiger partial charge in [-0.1, -0.05) is 0 Å². The maximum Gasteiger partial charge on any atom is 2.00 e. The van der Waals surface area contributed by atoms with Gasteiger partial charge in [0.1, 0.15) is 0 Å². The Bertz CT molecular complexity index is 25.7. The molecular weight excluding hydrogens is 122 g/mol. The topological polar surface area (TPSA) is 78.4 Å². The van der Waals surface area contributed by atoms with Gasteiger partial charge in [-0.2, -0.15) is 0 Å². The SMILES string of the molecule is [Mg+2].[Na+].[O-]OB([O-])[O-]. The molecule has 0 fully saturated rings. The van der Waals surface area contributed by atoms with E-state index < -0.39 is 7.32 Å². The van der Waals surface area contributed by atoms with Crippen molar-refractivity contribution >= 4 is 30.4 Å². The maximum atomic E-state index is 8.81. The summed E-state index contributed by atoms with van der Waals surface area (Å²) in [6.07, 6.45) is 0. The molecule has 7 heteroatoms. The molecule has 0 saturated heterocycles. The van der Waals surface area contributed by atoms with Crippen molar-refractivity contribution in [3.05, 3.63) is 0 Å². The summed E-state index contributed by atoms with van der Waals surface area (Å²) in [5, 5.41) is 26.1. The van der Waals surface area contributed by atoms with Gasteiger partial charge in [-0.25, -0.2) is 0 Å². The second kappa shape index (κ2) is 10.6. The zero-order chi connectivity index (χ0) is 4.28. The Balaban J connectivity index is -0.0000000800.